The molecule has 0 fully saturated rings. The molecule has 1 aromatic carbocycles. The molecule has 0 amide bonds. The van der Waals surface area contributed by atoms with Crippen LogP contribution in [0.4, 0.5) is 5.82 Å². The van der Waals surface area contributed by atoms with Crippen molar-refractivity contribution in [3.8, 4) is 5.69 Å². The van der Waals surface area contributed by atoms with Crippen LogP contribution in [-0.4, -0.2) is 15.0 Å². The molecular formula is C10H12N4. The van der Waals surface area contributed by atoms with Gasteiger partial charge in [-0.05, 0) is 37.1 Å². The molecule has 0 radical (unpaired) electrons. The van der Waals surface area contributed by atoms with Gasteiger partial charge in [-0.3, -0.25) is 0 Å². The van der Waals surface area contributed by atoms with E-state index in [0.29, 0.717) is 5.82 Å². The number of hydrogen-bond acceptors (Lipinski definition) is 3. The minimum Gasteiger partial charge on any atom is -0.381 e. The fourth-order valence-corrected chi connectivity index (χ4v) is 1.27. The minimum absolute atomic E-state index is 0.434. The molecule has 0 aliphatic rings. The molecule has 0 aliphatic carbocycles. The third-order valence-corrected chi connectivity index (χ3v) is 2.27. The summed E-state index contributed by atoms with van der Waals surface area (Å²) in [4.78, 5) is 0. The van der Waals surface area contributed by atoms with Crippen molar-refractivity contribution in [3.63, 3.8) is 0 Å². The molecule has 4 heteroatoms. The van der Waals surface area contributed by atoms with Crippen LogP contribution in [0.25, 0.3) is 5.69 Å². The number of nitrogen functional groups attached to an aromatic ring is 1. The van der Waals surface area contributed by atoms with E-state index < -0.39 is 0 Å². The van der Waals surface area contributed by atoms with Crippen molar-refractivity contribution in [2.75, 3.05) is 5.73 Å². The molecule has 1 aromatic heterocycles. The Hall–Kier alpha value is -1.84. The molecule has 2 N–H and O–H groups in total. The van der Waals surface area contributed by atoms with Crippen molar-refractivity contribution in [1.29, 1.82) is 0 Å². The predicted molar refractivity (Wildman–Crippen MR) is 55.2 cm³/mol. The van der Waals surface area contributed by atoms with Crippen LogP contribution in [-0.2, 0) is 0 Å². The topological polar surface area (TPSA) is 56.7 Å². The van der Waals surface area contributed by atoms with Gasteiger partial charge in [-0.15, -0.1) is 5.10 Å². The SMILES string of the molecule is Cc1ccc(-n2cc(N)nn2)cc1C. The van der Waals surface area contributed by atoms with E-state index in [1.807, 2.05) is 6.07 Å². The van der Waals surface area contributed by atoms with E-state index in [9.17, 15) is 0 Å². The summed E-state index contributed by atoms with van der Waals surface area (Å²) < 4.78 is 1.67. The Balaban J connectivity index is 2.47. The minimum atomic E-state index is 0.434. The maximum absolute atomic E-state index is 5.49. The number of rotatable bonds is 1. The molecule has 0 saturated carbocycles. The van der Waals surface area contributed by atoms with Crippen LogP contribution < -0.4 is 5.73 Å². The molecule has 0 saturated heterocycles. The highest BCUT2D eigenvalue weighted by atomic mass is 15.4. The Bertz CT molecular complexity index is 459. The third kappa shape index (κ3) is 1.46. The number of nitrogens with two attached hydrogens (primary N) is 1. The van der Waals surface area contributed by atoms with Crippen LogP contribution in [0.1, 0.15) is 11.1 Å². The second-order valence-electron chi connectivity index (χ2n) is 3.36. The average Bonchev–Trinajstić information content (AvgIpc) is 2.57. The van der Waals surface area contributed by atoms with Crippen LogP contribution in [0.5, 0.6) is 0 Å². The number of nitrogens with zero attached hydrogens (tertiary/aromatic N) is 3. The fourth-order valence-electron chi connectivity index (χ4n) is 1.27. The lowest BCUT2D eigenvalue weighted by atomic mass is 10.1. The molecule has 0 unspecified atom stereocenters. The monoisotopic (exact) mass is 188 g/mol. The van der Waals surface area contributed by atoms with Crippen molar-refractivity contribution in [2.45, 2.75) is 13.8 Å². The molecule has 0 atom stereocenters. The Morgan fingerprint density at radius 1 is 1.21 bits per heavy atom. The van der Waals surface area contributed by atoms with Crippen LogP contribution in [0.3, 0.4) is 0 Å². The molecule has 72 valence electrons. The standard InChI is InChI=1S/C10H12N4/c1-7-3-4-9(5-8(7)2)14-6-10(11)12-13-14/h3-6H,11H2,1-2H3. The lowest BCUT2D eigenvalue weighted by Gasteiger charge is -2.03. The molecule has 2 rings (SSSR count). The van der Waals surface area contributed by atoms with Gasteiger partial charge in [0.15, 0.2) is 5.82 Å². The van der Waals surface area contributed by atoms with Gasteiger partial charge in [0.1, 0.15) is 0 Å². The zero-order valence-electron chi connectivity index (χ0n) is 8.23. The van der Waals surface area contributed by atoms with E-state index in [1.54, 1.807) is 10.9 Å². The van der Waals surface area contributed by atoms with Crippen molar-refractivity contribution in [3.05, 3.63) is 35.5 Å². The zero-order valence-corrected chi connectivity index (χ0v) is 8.23. The maximum Gasteiger partial charge on any atom is 0.166 e. The van der Waals surface area contributed by atoms with Gasteiger partial charge >= 0.3 is 0 Å². The van der Waals surface area contributed by atoms with Gasteiger partial charge in [0, 0.05) is 0 Å². The van der Waals surface area contributed by atoms with E-state index in [0.717, 1.165) is 5.69 Å². The Kier molecular flexibility index (Phi) is 1.96. The van der Waals surface area contributed by atoms with Gasteiger partial charge in [0.05, 0.1) is 11.9 Å². The first kappa shape index (κ1) is 8.74. The van der Waals surface area contributed by atoms with E-state index in [4.69, 9.17) is 5.73 Å². The summed E-state index contributed by atoms with van der Waals surface area (Å²) in [6.07, 6.45) is 1.70. The summed E-state index contributed by atoms with van der Waals surface area (Å²) in [6, 6.07) is 6.11. The van der Waals surface area contributed by atoms with Crippen molar-refractivity contribution >= 4 is 5.82 Å². The second kappa shape index (κ2) is 3.14. The molecule has 1 heterocycles. The van der Waals surface area contributed by atoms with Crippen LogP contribution >= 0.6 is 0 Å². The molecule has 2 aromatic rings. The highest BCUT2D eigenvalue weighted by Crippen LogP contribution is 2.13. The molecule has 0 bridgehead atoms. The lowest BCUT2D eigenvalue weighted by Crippen LogP contribution is -1.96. The predicted octanol–water partition coefficient (Wildman–Crippen LogP) is 1.47. The third-order valence-electron chi connectivity index (χ3n) is 2.27. The first-order valence-electron chi connectivity index (χ1n) is 4.42. The first-order chi connectivity index (χ1) is 6.66. The molecule has 4 nitrogen and oxygen atoms in total. The van der Waals surface area contributed by atoms with Crippen LogP contribution in [0, 0.1) is 13.8 Å². The highest BCUT2D eigenvalue weighted by molar-refractivity contribution is 5.40. The summed E-state index contributed by atoms with van der Waals surface area (Å²) in [5, 5.41) is 7.63. The van der Waals surface area contributed by atoms with Gasteiger partial charge in [0.2, 0.25) is 0 Å². The first-order valence-corrected chi connectivity index (χ1v) is 4.42. The van der Waals surface area contributed by atoms with Gasteiger partial charge in [0.25, 0.3) is 0 Å². The van der Waals surface area contributed by atoms with E-state index in [-0.39, 0.29) is 0 Å². The van der Waals surface area contributed by atoms with Gasteiger partial charge in [-0.2, -0.15) is 0 Å². The zero-order chi connectivity index (χ0) is 10.1. The number of anilines is 1. The lowest BCUT2D eigenvalue weighted by molar-refractivity contribution is 0.803. The summed E-state index contributed by atoms with van der Waals surface area (Å²) in [5.41, 5.74) is 8.97. The fraction of sp³-hybridized carbons (Fsp3) is 0.200. The van der Waals surface area contributed by atoms with E-state index in [2.05, 4.69) is 36.3 Å². The summed E-state index contributed by atoms with van der Waals surface area (Å²) in [6.45, 7) is 4.15. The Labute approximate surface area is 82.4 Å². The molecular weight excluding hydrogens is 176 g/mol. The second-order valence-corrected chi connectivity index (χ2v) is 3.36. The van der Waals surface area contributed by atoms with Crippen LogP contribution in [0.2, 0.25) is 0 Å². The maximum atomic E-state index is 5.49. The normalized spacial score (nSPS) is 10.4. The Morgan fingerprint density at radius 2 is 2.00 bits per heavy atom. The molecule has 0 aliphatic heterocycles. The number of aromatic nitrogens is 3. The largest absolute Gasteiger partial charge is 0.381 e. The quantitative estimate of drug-likeness (QED) is 0.737. The smallest absolute Gasteiger partial charge is 0.166 e. The van der Waals surface area contributed by atoms with Crippen molar-refractivity contribution in [1.82, 2.24) is 15.0 Å². The molecule has 0 spiro atoms. The van der Waals surface area contributed by atoms with Crippen molar-refractivity contribution < 1.29 is 0 Å². The van der Waals surface area contributed by atoms with E-state index in [1.165, 1.54) is 11.1 Å². The summed E-state index contributed by atoms with van der Waals surface area (Å²) >= 11 is 0. The van der Waals surface area contributed by atoms with Crippen molar-refractivity contribution in [2.24, 2.45) is 0 Å². The van der Waals surface area contributed by atoms with Crippen LogP contribution in [0.15, 0.2) is 24.4 Å². The highest BCUT2D eigenvalue weighted by Gasteiger charge is 2.00. The number of benzene rings is 1. The number of hydrogen-bond donors (Lipinski definition) is 1. The van der Waals surface area contributed by atoms with Gasteiger partial charge in [-0.1, -0.05) is 11.3 Å². The van der Waals surface area contributed by atoms with Gasteiger partial charge in [-0.25, -0.2) is 4.68 Å². The molecule has 14 heavy (non-hydrogen) atoms. The summed E-state index contributed by atoms with van der Waals surface area (Å²) in [7, 11) is 0. The van der Waals surface area contributed by atoms with Gasteiger partial charge < -0.3 is 5.73 Å². The average molecular weight is 188 g/mol. The Morgan fingerprint density at radius 3 is 2.57 bits per heavy atom. The van der Waals surface area contributed by atoms with E-state index >= 15 is 0 Å². The number of aryl methyl sites for hydroxylation is 2. The summed E-state index contributed by atoms with van der Waals surface area (Å²) in [5.74, 6) is 0.434.